The Morgan fingerprint density at radius 3 is 2.07 bits per heavy atom. The van der Waals surface area contributed by atoms with Crippen molar-refractivity contribution < 1.29 is 9.59 Å². The van der Waals surface area contributed by atoms with Crippen molar-refractivity contribution in [1.82, 2.24) is 25.6 Å². The van der Waals surface area contributed by atoms with E-state index in [1.165, 1.54) is 19.3 Å². The van der Waals surface area contributed by atoms with E-state index in [1.54, 1.807) is 6.92 Å². The number of aromatic nitrogens is 3. The van der Waals surface area contributed by atoms with Gasteiger partial charge in [-0.3, -0.25) is 10.1 Å². The van der Waals surface area contributed by atoms with Crippen LogP contribution in [0.5, 0.6) is 0 Å². The van der Waals surface area contributed by atoms with Gasteiger partial charge in [-0.1, -0.05) is 11.8 Å². The summed E-state index contributed by atoms with van der Waals surface area (Å²) in [5, 5.41) is 5.27. The molecule has 4 aliphatic rings. The molecule has 146 valence electrons. The molecule has 4 saturated carbocycles. The number of thioether (sulfide) groups is 1. The number of hydrogen-bond donors (Lipinski definition) is 4. The van der Waals surface area contributed by atoms with E-state index in [0.29, 0.717) is 0 Å². The number of nitrogens with zero attached hydrogens (tertiary/aromatic N) is 3. The zero-order chi connectivity index (χ0) is 19.2. The molecule has 4 bridgehead atoms. The fourth-order valence-corrected chi connectivity index (χ4v) is 6.18. The minimum atomic E-state index is -0.576. The minimum Gasteiger partial charge on any atom is -0.368 e. The number of nitrogen functional groups attached to an aromatic ring is 2. The molecule has 0 unspecified atom stereocenters. The first-order valence-electron chi connectivity index (χ1n) is 9.37. The Hall–Kier alpha value is -2.10. The van der Waals surface area contributed by atoms with Crippen molar-refractivity contribution in [3.8, 4) is 0 Å². The maximum Gasteiger partial charge on any atom is 0.321 e. The van der Waals surface area contributed by atoms with Gasteiger partial charge in [-0.25, -0.2) is 4.79 Å². The molecule has 4 aliphatic carbocycles. The predicted molar refractivity (Wildman–Crippen MR) is 102 cm³/mol. The molecule has 1 heterocycles. The Morgan fingerprint density at radius 2 is 1.56 bits per heavy atom. The average Bonchev–Trinajstić information content (AvgIpc) is 2.51. The van der Waals surface area contributed by atoms with E-state index in [1.807, 2.05) is 0 Å². The van der Waals surface area contributed by atoms with Crippen molar-refractivity contribution in [3.05, 3.63) is 0 Å². The van der Waals surface area contributed by atoms with Crippen LogP contribution in [-0.2, 0) is 4.79 Å². The first kappa shape index (κ1) is 18.3. The van der Waals surface area contributed by atoms with Gasteiger partial charge in [0.05, 0.1) is 5.25 Å². The van der Waals surface area contributed by atoms with Crippen LogP contribution in [-0.4, -0.2) is 37.7 Å². The smallest absolute Gasteiger partial charge is 0.321 e. The second-order valence-electron chi connectivity index (χ2n) is 8.24. The molecule has 0 radical (unpaired) electrons. The summed E-state index contributed by atoms with van der Waals surface area (Å²) in [5.41, 5.74) is 10.9. The topological polar surface area (TPSA) is 149 Å². The Bertz CT molecular complexity index is 716. The summed E-state index contributed by atoms with van der Waals surface area (Å²) in [7, 11) is 0. The van der Waals surface area contributed by atoms with Crippen LogP contribution in [0.15, 0.2) is 5.16 Å². The lowest BCUT2D eigenvalue weighted by Gasteiger charge is -2.56. The summed E-state index contributed by atoms with van der Waals surface area (Å²) in [6, 6.07) is -0.413. The molecular weight excluding hydrogens is 366 g/mol. The highest BCUT2D eigenvalue weighted by Crippen LogP contribution is 2.55. The number of hydrogen-bond acceptors (Lipinski definition) is 8. The lowest BCUT2D eigenvalue weighted by Crippen LogP contribution is -2.62. The van der Waals surface area contributed by atoms with Gasteiger partial charge >= 0.3 is 6.03 Å². The molecule has 6 N–H and O–H groups in total. The number of nitrogens with two attached hydrogens (primary N) is 2. The van der Waals surface area contributed by atoms with Gasteiger partial charge in [-0.15, -0.1) is 0 Å². The summed E-state index contributed by atoms with van der Waals surface area (Å²) in [5.74, 6) is 1.76. The third-order valence-corrected chi connectivity index (χ3v) is 6.92. The van der Waals surface area contributed by atoms with Gasteiger partial charge in [0.1, 0.15) is 0 Å². The largest absolute Gasteiger partial charge is 0.368 e. The highest BCUT2D eigenvalue weighted by Gasteiger charge is 2.51. The molecule has 5 rings (SSSR count). The van der Waals surface area contributed by atoms with Gasteiger partial charge in [0.25, 0.3) is 0 Å². The van der Waals surface area contributed by atoms with E-state index in [4.69, 9.17) is 11.5 Å². The molecule has 4 fully saturated rings. The fraction of sp³-hybridized carbons (Fsp3) is 0.706. The second-order valence-corrected chi connectivity index (χ2v) is 9.54. The van der Waals surface area contributed by atoms with E-state index in [-0.39, 0.29) is 22.6 Å². The molecule has 3 amide bonds. The van der Waals surface area contributed by atoms with Crippen LogP contribution in [0.2, 0.25) is 0 Å². The van der Waals surface area contributed by atoms with Crippen LogP contribution in [0.3, 0.4) is 0 Å². The lowest BCUT2D eigenvalue weighted by atomic mass is 9.53. The lowest BCUT2D eigenvalue weighted by molar-refractivity contribution is -0.119. The van der Waals surface area contributed by atoms with E-state index in [0.717, 1.165) is 48.8 Å². The molecule has 9 nitrogen and oxygen atoms in total. The van der Waals surface area contributed by atoms with Crippen molar-refractivity contribution in [1.29, 1.82) is 0 Å². The Labute approximate surface area is 161 Å². The zero-order valence-electron chi connectivity index (χ0n) is 15.3. The van der Waals surface area contributed by atoms with E-state index in [2.05, 4.69) is 25.6 Å². The van der Waals surface area contributed by atoms with Gasteiger partial charge < -0.3 is 16.8 Å². The van der Waals surface area contributed by atoms with E-state index in [9.17, 15) is 9.59 Å². The normalized spacial score (nSPS) is 32.1. The van der Waals surface area contributed by atoms with Crippen molar-refractivity contribution >= 4 is 35.6 Å². The highest BCUT2D eigenvalue weighted by atomic mass is 32.2. The van der Waals surface area contributed by atoms with Crippen LogP contribution >= 0.6 is 11.8 Å². The van der Waals surface area contributed by atoms with Gasteiger partial charge in [-0.2, -0.15) is 15.0 Å². The number of imide groups is 1. The van der Waals surface area contributed by atoms with E-state index >= 15 is 0 Å². The van der Waals surface area contributed by atoms with Gasteiger partial charge in [0.15, 0.2) is 5.16 Å². The predicted octanol–water partition coefficient (Wildman–Crippen LogP) is 1.31. The number of carbonyl (C=O) groups excluding carboxylic acids is 2. The SMILES string of the molecule is C[C@@H](Sc1nc(N)nc(N)n1)C(=O)NC(=O)NC12CC3CC(CC(C3)C1)C2. The van der Waals surface area contributed by atoms with Gasteiger partial charge in [-0.05, 0) is 63.2 Å². The van der Waals surface area contributed by atoms with Crippen LogP contribution in [0, 0.1) is 17.8 Å². The minimum absolute atomic E-state index is 0.00262. The third kappa shape index (κ3) is 3.95. The van der Waals surface area contributed by atoms with Crippen LogP contribution in [0.1, 0.15) is 45.4 Å². The molecular formula is C17H25N7O2S. The Kier molecular flexibility index (Phi) is 4.61. The average molecular weight is 392 g/mol. The first-order valence-corrected chi connectivity index (χ1v) is 10.2. The standard InChI is InChI=1S/C17H25N7O2S/c1-8(27-16-22-13(18)21-14(19)23-16)12(25)20-15(26)24-17-5-9-2-10(6-17)4-11(3-9)7-17/h8-11H,2-7H2,1H3,(H2,20,24,25,26)(H4,18,19,21,22,23)/t8-,9?,10?,11?,17?/m1/s1. The summed E-state index contributed by atoms with van der Waals surface area (Å²) < 4.78 is 0. The molecule has 1 atom stereocenters. The molecule has 1 aromatic rings. The number of amides is 3. The number of anilines is 2. The molecule has 0 aliphatic heterocycles. The van der Waals surface area contributed by atoms with E-state index < -0.39 is 17.2 Å². The molecule has 0 saturated heterocycles. The van der Waals surface area contributed by atoms with Crippen LogP contribution < -0.4 is 22.1 Å². The molecule has 1 aromatic heterocycles. The number of rotatable bonds is 4. The summed E-state index contributed by atoms with van der Waals surface area (Å²) in [4.78, 5) is 36.4. The maximum atomic E-state index is 12.5. The maximum absolute atomic E-state index is 12.5. The number of carbonyl (C=O) groups is 2. The highest BCUT2D eigenvalue weighted by molar-refractivity contribution is 8.00. The van der Waals surface area contributed by atoms with Crippen molar-refractivity contribution in [3.63, 3.8) is 0 Å². The Morgan fingerprint density at radius 1 is 1.04 bits per heavy atom. The quantitative estimate of drug-likeness (QED) is 0.561. The first-order chi connectivity index (χ1) is 12.8. The fourth-order valence-electron chi connectivity index (χ4n) is 5.40. The second kappa shape index (κ2) is 6.81. The summed E-state index contributed by atoms with van der Waals surface area (Å²) in [6.45, 7) is 1.67. The summed E-state index contributed by atoms with van der Waals surface area (Å²) in [6.07, 6.45) is 7.00. The molecule has 10 heteroatoms. The van der Waals surface area contributed by atoms with Gasteiger partial charge in [0, 0.05) is 5.54 Å². The number of urea groups is 1. The van der Waals surface area contributed by atoms with Gasteiger partial charge in [0.2, 0.25) is 17.8 Å². The zero-order valence-corrected chi connectivity index (χ0v) is 16.1. The Balaban J connectivity index is 1.33. The molecule has 27 heavy (non-hydrogen) atoms. The van der Waals surface area contributed by atoms with Crippen molar-refractivity contribution in [2.75, 3.05) is 11.5 Å². The van der Waals surface area contributed by atoms with Crippen molar-refractivity contribution in [2.45, 2.75) is 61.4 Å². The van der Waals surface area contributed by atoms with Crippen LogP contribution in [0.4, 0.5) is 16.7 Å². The summed E-state index contributed by atoms with van der Waals surface area (Å²) >= 11 is 1.08. The molecule has 0 aromatic carbocycles. The number of nitrogens with one attached hydrogen (secondary N) is 2. The monoisotopic (exact) mass is 391 g/mol. The molecule has 0 spiro atoms. The van der Waals surface area contributed by atoms with Crippen LogP contribution in [0.25, 0.3) is 0 Å². The third-order valence-electron chi connectivity index (χ3n) is 5.95. The van der Waals surface area contributed by atoms with Crippen molar-refractivity contribution in [2.24, 2.45) is 17.8 Å².